The Bertz CT molecular complexity index is 1450. The van der Waals surface area contributed by atoms with E-state index in [2.05, 4.69) is 76.7 Å². The smallest absolute Gasteiger partial charge is 0.340 e. The van der Waals surface area contributed by atoms with Gasteiger partial charge in [0.05, 0.1) is 17.7 Å². The number of carbonyl (C=O) groups excluding carboxylic acids is 1. The lowest BCUT2D eigenvalue weighted by Crippen LogP contribution is -2.49. The molecular weight excluding hydrogens is 502 g/mol. The van der Waals surface area contributed by atoms with Crippen LogP contribution in [-0.2, 0) is 4.74 Å². The van der Waals surface area contributed by atoms with Crippen LogP contribution in [0.4, 0.5) is 5.69 Å². The van der Waals surface area contributed by atoms with E-state index in [0.29, 0.717) is 24.5 Å². The molecule has 1 aromatic heterocycles. The van der Waals surface area contributed by atoms with Crippen LogP contribution in [0.3, 0.4) is 0 Å². The highest BCUT2D eigenvalue weighted by Gasteiger charge is 2.23. The van der Waals surface area contributed by atoms with Gasteiger partial charge >= 0.3 is 5.97 Å². The molecule has 0 bridgehead atoms. The van der Waals surface area contributed by atoms with Gasteiger partial charge in [0.25, 0.3) is 0 Å². The molecule has 0 spiro atoms. The lowest BCUT2D eigenvalue weighted by Gasteiger charge is -2.36. The summed E-state index contributed by atoms with van der Waals surface area (Å²) in [5.41, 5.74) is 6.93. The van der Waals surface area contributed by atoms with E-state index in [-0.39, 0.29) is 12.6 Å². The topological polar surface area (TPSA) is 67.2 Å². The number of benzene rings is 3. The van der Waals surface area contributed by atoms with Crippen molar-refractivity contribution in [1.82, 2.24) is 9.47 Å². The average Bonchev–Trinajstić information content (AvgIpc) is 3.24. The standard InChI is InChI=1S/C33H39N3O4/c1-5-39-33(38)32-25(4)36(27-12-8-24(3)9-13-27)31-15-14-29(20-30(31)32)40-22-28(37)21-34-16-18-35(19-17-34)26-10-6-23(2)7-11-26/h6-15,20,28,37H,5,16-19,21-22H2,1-4H3/t28-/m0/s1. The lowest BCUT2D eigenvalue weighted by atomic mass is 10.1. The van der Waals surface area contributed by atoms with Crippen LogP contribution in [0.15, 0.2) is 66.7 Å². The van der Waals surface area contributed by atoms with Crippen LogP contribution in [0.2, 0.25) is 0 Å². The average molecular weight is 542 g/mol. The summed E-state index contributed by atoms with van der Waals surface area (Å²) in [6.45, 7) is 12.6. The number of hydrogen-bond donors (Lipinski definition) is 1. The summed E-state index contributed by atoms with van der Waals surface area (Å²) in [5.74, 6) is 0.264. The number of aliphatic hydroxyl groups excluding tert-OH is 1. The van der Waals surface area contributed by atoms with Crippen molar-refractivity contribution in [3.05, 3.63) is 89.1 Å². The van der Waals surface area contributed by atoms with E-state index in [1.54, 1.807) is 0 Å². The molecule has 210 valence electrons. The predicted octanol–water partition coefficient (Wildman–Crippen LogP) is 5.29. The molecule has 0 unspecified atom stereocenters. The second-order valence-corrected chi connectivity index (χ2v) is 10.6. The molecule has 0 amide bonds. The van der Waals surface area contributed by atoms with Crippen molar-refractivity contribution in [2.75, 3.05) is 50.8 Å². The van der Waals surface area contributed by atoms with Gasteiger partial charge in [-0.25, -0.2) is 4.79 Å². The first-order valence-electron chi connectivity index (χ1n) is 14.1. The van der Waals surface area contributed by atoms with Crippen molar-refractivity contribution in [1.29, 1.82) is 0 Å². The van der Waals surface area contributed by atoms with Gasteiger partial charge in [0.2, 0.25) is 0 Å². The first kappa shape index (κ1) is 27.7. The number of hydrogen-bond acceptors (Lipinski definition) is 6. The third kappa shape index (κ3) is 6.01. The van der Waals surface area contributed by atoms with Gasteiger partial charge in [-0.05, 0) is 70.2 Å². The number of β-amino-alcohol motifs (C(OH)–C–C–N with tert-alkyl or cyclic N) is 1. The largest absolute Gasteiger partial charge is 0.491 e. The van der Waals surface area contributed by atoms with Crippen molar-refractivity contribution in [3.8, 4) is 11.4 Å². The maximum absolute atomic E-state index is 13.0. The van der Waals surface area contributed by atoms with Gasteiger partial charge in [-0.1, -0.05) is 35.4 Å². The molecule has 0 saturated carbocycles. The molecule has 1 N–H and O–H groups in total. The lowest BCUT2D eigenvalue weighted by molar-refractivity contribution is 0.0527. The zero-order valence-electron chi connectivity index (χ0n) is 23.9. The van der Waals surface area contributed by atoms with Gasteiger partial charge in [-0.15, -0.1) is 0 Å². The van der Waals surface area contributed by atoms with E-state index in [9.17, 15) is 9.90 Å². The van der Waals surface area contributed by atoms with E-state index < -0.39 is 6.10 Å². The first-order chi connectivity index (χ1) is 19.3. The highest BCUT2D eigenvalue weighted by Crippen LogP contribution is 2.33. The van der Waals surface area contributed by atoms with E-state index >= 15 is 0 Å². The maximum Gasteiger partial charge on any atom is 0.340 e. The van der Waals surface area contributed by atoms with Crippen molar-refractivity contribution in [2.45, 2.75) is 33.8 Å². The Labute approximate surface area is 236 Å². The molecule has 40 heavy (non-hydrogen) atoms. The Morgan fingerprint density at radius 1 is 0.875 bits per heavy atom. The summed E-state index contributed by atoms with van der Waals surface area (Å²) in [6, 6.07) is 22.6. The molecule has 4 aromatic rings. The number of esters is 1. The molecule has 0 aliphatic carbocycles. The minimum absolute atomic E-state index is 0.177. The first-order valence-corrected chi connectivity index (χ1v) is 14.1. The number of rotatable bonds is 9. The molecule has 7 heteroatoms. The summed E-state index contributed by atoms with van der Waals surface area (Å²) in [7, 11) is 0. The maximum atomic E-state index is 13.0. The molecule has 1 fully saturated rings. The number of aromatic nitrogens is 1. The normalized spacial score (nSPS) is 14.9. The van der Waals surface area contributed by atoms with Gasteiger partial charge in [-0.3, -0.25) is 4.90 Å². The molecule has 1 aliphatic rings. The molecule has 2 heterocycles. The Morgan fingerprint density at radius 2 is 1.50 bits per heavy atom. The fourth-order valence-corrected chi connectivity index (χ4v) is 5.46. The molecule has 1 aliphatic heterocycles. The highest BCUT2D eigenvalue weighted by molar-refractivity contribution is 6.07. The number of aliphatic hydroxyl groups is 1. The predicted molar refractivity (Wildman–Crippen MR) is 160 cm³/mol. The molecule has 7 nitrogen and oxygen atoms in total. The van der Waals surface area contributed by atoms with Crippen LogP contribution >= 0.6 is 0 Å². The zero-order valence-corrected chi connectivity index (χ0v) is 23.9. The summed E-state index contributed by atoms with van der Waals surface area (Å²) >= 11 is 0. The Hall–Kier alpha value is -3.81. The SMILES string of the molecule is CCOC(=O)c1c(C)n(-c2ccc(C)cc2)c2ccc(OC[C@@H](O)CN3CCN(c4ccc(C)cc4)CC3)cc12. The molecule has 1 saturated heterocycles. The van der Waals surface area contributed by atoms with Gasteiger partial charge in [0, 0.05) is 55.2 Å². The third-order valence-electron chi connectivity index (χ3n) is 7.63. The molecule has 3 aromatic carbocycles. The Kier molecular flexibility index (Phi) is 8.43. The van der Waals surface area contributed by atoms with Crippen LogP contribution in [0.25, 0.3) is 16.6 Å². The van der Waals surface area contributed by atoms with Crippen molar-refractivity contribution < 1.29 is 19.4 Å². The van der Waals surface area contributed by atoms with Crippen LogP contribution in [0.5, 0.6) is 5.75 Å². The number of nitrogens with zero attached hydrogens (tertiary/aromatic N) is 3. The van der Waals surface area contributed by atoms with E-state index in [1.165, 1.54) is 16.8 Å². The molecule has 5 rings (SSSR count). The summed E-state index contributed by atoms with van der Waals surface area (Å²) < 4.78 is 13.5. The summed E-state index contributed by atoms with van der Waals surface area (Å²) in [6.07, 6.45) is -0.620. The fourth-order valence-electron chi connectivity index (χ4n) is 5.46. The molecule has 0 radical (unpaired) electrons. The summed E-state index contributed by atoms with van der Waals surface area (Å²) in [4.78, 5) is 17.7. The van der Waals surface area contributed by atoms with E-state index in [4.69, 9.17) is 9.47 Å². The van der Waals surface area contributed by atoms with E-state index in [0.717, 1.165) is 48.5 Å². The molecule has 1 atom stereocenters. The van der Waals surface area contributed by atoms with Crippen molar-refractivity contribution >= 4 is 22.6 Å². The van der Waals surface area contributed by atoms with Gasteiger partial charge in [0.15, 0.2) is 0 Å². The number of fused-ring (bicyclic) bond motifs is 1. The Morgan fingerprint density at radius 3 is 2.12 bits per heavy atom. The van der Waals surface area contributed by atoms with E-state index in [1.807, 2.05) is 32.0 Å². The number of anilines is 1. The van der Waals surface area contributed by atoms with Gasteiger partial charge in [0.1, 0.15) is 18.5 Å². The van der Waals surface area contributed by atoms with Crippen LogP contribution < -0.4 is 9.64 Å². The minimum atomic E-state index is -0.620. The van der Waals surface area contributed by atoms with Crippen molar-refractivity contribution in [3.63, 3.8) is 0 Å². The van der Waals surface area contributed by atoms with Gasteiger partial charge < -0.3 is 24.0 Å². The number of ether oxygens (including phenoxy) is 2. The second kappa shape index (κ2) is 12.1. The fraction of sp³-hybridized carbons (Fsp3) is 0.364. The van der Waals surface area contributed by atoms with Crippen LogP contribution in [0, 0.1) is 20.8 Å². The third-order valence-corrected chi connectivity index (χ3v) is 7.63. The van der Waals surface area contributed by atoms with Crippen LogP contribution in [0.1, 0.15) is 34.1 Å². The molecular formula is C33H39N3O4. The van der Waals surface area contributed by atoms with Crippen molar-refractivity contribution in [2.24, 2.45) is 0 Å². The minimum Gasteiger partial charge on any atom is -0.491 e. The second-order valence-electron chi connectivity index (χ2n) is 10.6. The quantitative estimate of drug-likeness (QED) is 0.290. The monoisotopic (exact) mass is 541 g/mol. The van der Waals surface area contributed by atoms with Crippen LogP contribution in [-0.4, -0.2) is 72.6 Å². The highest BCUT2D eigenvalue weighted by atomic mass is 16.5. The zero-order chi connectivity index (χ0) is 28.2. The summed E-state index contributed by atoms with van der Waals surface area (Å²) in [5, 5.41) is 11.5. The number of piperazine rings is 1. The van der Waals surface area contributed by atoms with Gasteiger partial charge in [-0.2, -0.15) is 0 Å². The number of carbonyl (C=O) groups is 1. The number of aryl methyl sites for hydroxylation is 2. The Balaban J connectivity index is 1.26.